The van der Waals surface area contributed by atoms with Gasteiger partial charge in [0.25, 0.3) is 0 Å². The zero-order valence-corrected chi connectivity index (χ0v) is 9.74. The minimum Gasteiger partial charge on any atom is -0.336 e. The monoisotopic (exact) mass is 225 g/mol. The van der Waals surface area contributed by atoms with Crippen LogP contribution in [0.4, 0.5) is 4.79 Å². The van der Waals surface area contributed by atoms with E-state index < -0.39 is 0 Å². The van der Waals surface area contributed by atoms with Crippen molar-refractivity contribution in [2.24, 2.45) is 5.92 Å². The predicted molar refractivity (Wildman–Crippen MR) is 59.9 cm³/mol. The molecule has 0 atom stereocenters. The second kappa shape index (κ2) is 4.82. The Morgan fingerprint density at radius 3 is 2.62 bits per heavy atom. The fourth-order valence-corrected chi connectivity index (χ4v) is 2.21. The maximum atomic E-state index is 11.8. The van der Waals surface area contributed by atoms with Gasteiger partial charge in [-0.2, -0.15) is 0 Å². The van der Waals surface area contributed by atoms with Crippen molar-refractivity contribution in [1.82, 2.24) is 15.1 Å². The molecule has 0 aromatic carbocycles. The summed E-state index contributed by atoms with van der Waals surface area (Å²) in [4.78, 5) is 26.6. The molecule has 2 fully saturated rings. The smallest absolute Gasteiger partial charge is 0.324 e. The third-order valence-electron chi connectivity index (χ3n) is 3.39. The molecule has 2 aliphatic heterocycles. The van der Waals surface area contributed by atoms with Crippen LogP contribution in [0.1, 0.15) is 19.8 Å². The maximum Gasteiger partial charge on any atom is 0.324 e. The molecule has 1 N–H and O–H groups in total. The normalized spacial score (nSPS) is 23.6. The van der Waals surface area contributed by atoms with E-state index in [-0.39, 0.29) is 11.9 Å². The zero-order chi connectivity index (χ0) is 11.5. The third kappa shape index (κ3) is 2.52. The van der Waals surface area contributed by atoms with E-state index in [1.165, 1.54) is 4.90 Å². The highest BCUT2D eigenvalue weighted by Crippen LogP contribution is 2.15. The van der Waals surface area contributed by atoms with Gasteiger partial charge in [0.05, 0.1) is 6.54 Å². The molecule has 5 heteroatoms. The first kappa shape index (κ1) is 11.4. The van der Waals surface area contributed by atoms with Gasteiger partial charge in [0.15, 0.2) is 0 Å². The standard InChI is InChI=1S/C11H19N3O2/c1-9-2-5-13(6-3-9)8-10(15)14-7-4-12-11(14)16/h9H,2-8H2,1H3,(H,12,16). The van der Waals surface area contributed by atoms with Crippen LogP contribution >= 0.6 is 0 Å². The lowest BCUT2D eigenvalue weighted by molar-refractivity contribution is -0.129. The zero-order valence-electron chi connectivity index (χ0n) is 9.74. The summed E-state index contributed by atoms with van der Waals surface area (Å²) in [5, 5.41) is 2.64. The molecule has 0 spiro atoms. The maximum absolute atomic E-state index is 11.8. The Labute approximate surface area is 95.8 Å². The summed E-state index contributed by atoms with van der Waals surface area (Å²) in [6.45, 7) is 5.68. The lowest BCUT2D eigenvalue weighted by Crippen LogP contribution is -2.44. The molecule has 5 nitrogen and oxygen atoms in total. The van der Waals surface area contributed by atoms with E-state index in [9.17, 15) is 9.59 Å². The number of imide groups is 1. The van der Waals surface area contributed by atoms with Crippen molar-refractivity contribution in [1.29, 1.82) is 0 Å². The molecule has 16 heavy (non-hydrogen) atoms. The van der Waals surface area contributed by atoms with Gasteiger partial charge in [0, 0.05) is 13.1 Å². The van der Waals surface area contributed by atoms with Crippen LogP contribution in [0.5, 0.6) is 0 Å². The van der Waals surface area contributed by atoms with Crippen LogP contribution in [0.3, 0.4) is 0 Å². The Morgan fingerprint density at radius 2 is 2.06 bits per heavy atom. The van der Waals surface area contributed by atoms with Crippen LogP contribution in [0.25, 0.3) is 0 Å². The van der Waals surface area contributed by atoms with Crippen molar-refractivity contribution < 1.29 is 9.59 Å². The predicted octanol–water partition coefficient (Wildman–Crippen LogP) is 0.270. The first-order valence-electron chi connectivity index (χ1n) is 5.97. The van der Waals surface area contributed by atoms with Crippen LogP contribution in [0, 0.1) is 5.92 Å². The SMILES string of the molecule is CC1CCN(CC(=O)N2CCNC2=O)CC1. The Morgan fingerprint density at radius 1 is 1.38 bits per heavy atom. The topological polar surface area (TPSA) is 52.7 Å². The minimum absolute atomic E-state index is 0.0652. The first-order valence-corrected chi connectivity index (χ1v) is 5.97. The summed E-state index contributed by atoms with van der Waals surface area (Å²) in [5.41, 5.74) is 0. The van der Waals surface area contributed by atoms with Crippen molar-refractivity contribution in [3.63, 3.8) is 0 Å². The largest absolute Gasteiger partial charge is 0.336 e. The Balaban J connectivity index is 1.81. The quantitative estimate of drug-likeness (QED) is 0.734. The third-order valence-corrected chi connectivity index (χ3v) is 3.39. The average molecular weight is 225 g/mol. The molecule has 0 bridgehead atoms. The molecule has 2 saturated heterocycles. The van der Waals surface area contributed by atoms with Gasteiger partial charge < -0.3 is 5.32 Å². The van der Waals surface area contributed by atoms with E-state index in [2.05, 4.69) is 17.1 Å². The number of amides is 3. The van der Waals surface area contributed by atoms with Crippen LogP contribution < -0.4 is 5.32 Å². The fourth-order valence-electron chi connectivity index (χ4n) is 2.21. The molecule has 0 unspecified atom stereocenters. The van der Waals surface area contributed by atoms with E-state index >= 15 is 0 Å². The summed E-state index contributed by atoms with van der Waals surface area (Å²) in [6, 6.07) is -0.240. The molecule has 90 valence electrons. The molecular formula is C11H19N3O2. The van der Waals surface area contributed by atoms with Gasteiger partial charge in [-0.25, -0.2) is 4.79 Å². The Hall–Kier alpha value is -1.10. The number of hydrogen-bond donors (Lipinski definition) is 1. The van der Waals surface area contributed by atoms with E-state index in [0.29, 0.717) is 19.6 Å². The number of nitrogens with one attached hydrogen (secondary N) is 1. The van der Waals surface area contributed by atoms with Crippen LogP contribution in [-0.4, -0.2) is 54.5 Å². The van der Waals surface area contributed by atoms with Crippen molar-refractivity contribution >= 4 is 11.9 Å². The van der Waals surface area contributed by atoms with Gasteiger partial charge in [0.1, 0.15) is 0 Å². The number of rotatable bonds is 2. The minimum atomic E-state index is -0.240. The number of carbonyl (C=O) groups excluding carboxylic acids is 2. The van der Waals surface area contributed by atoms with Crippen molar-refractivity contribution in [2.45, 2.75) is 19.8 Å². The van der Waals surface area contributed by atoms with E-state index in [0.717, 1.165) is 31.8 Å². The van der Waals surface area contributed by atoms with E-state index in [1.807, 2.05) is 0 Å². The summed E-state index contributed by atoms with van der Waals surface area (Å²) in [5.74, 6) is 0.700. The number of hydrogen-bond acceptors (Lipinski definition) is 3. The van der Waals surface area contributed by atoms with Gasteiger partial charge in [-0.3, -0.25) is 14.6 Å². The van der Waals surface area contributed by atoms with Crippen molar-refractivity contribution in [3.8, 4) is 0 Å². The lowest BCUT2D eigenvalue weighted by Gasteiger charge is -2.30. The summed E-state index contributed by atoms with van der Waals surface area (Å²) in [7, 11) is 0. The van der Waals surface area contributed by atoms with Crippen molar-refractivity contribution in [3.05, 3.63) is 0 Å². The highest BCUT2D eigenvalue weighted by Gasteiger charge is 2.28. The van der Waals surface area contributed by atoms with Gasteiger partial charge in [-0.1, -0.05) is 6.92 Å². The number of carbonyl (C=O) groups is 2. The number of nitrogens with zero attached hydrogens (tertiary/aromatic N) is 2. The van der Waals surface area contributed by atoms with Gasteiger partial charge in [-0.15, -0.1) is 0 Å². The molecule has 0 saturated carbocycles. The fraction of sp³-hybridized carbons (Fsp3) is 0.818. The lowest BCUT2D eigenvalue weighted by atomic mass is 9.99. The second-order valence-electron chi connectivity index (χ2n) is 4.74. The van der Waals surface area contributed by atoms with E-state index in [1.54, 1.807) is 0 Å². The second-order valence-corrected chi connectivity index (χ2v) is 4.74. The van der Waals surface area contributed by atoms with Gasteiger partial charge in [0.2, 0.25) is 5.91 Å². The van der Waals surface area contributed by atoms with Crippen LogP contribution in [0.2, 0.25) is 0 Å². The van der Waals surface area contributed by atoms with Crippen molar-refractivity contribution in [2.75, 3.05) is 32.7 Å². The molecular weight excluding hydrogens is 206 g/mol. The molecule has 2 aliphatic rings. The molecule has 0 aromatic rings. The molecule has 0 aromatic heterocycles. The average Bonchev–Trinajstić information content (AvgIpc) is 2.68. The molecule has 2 heterocycles. The van der Waals surface area contributed by atoms with Crippen LogP contribution in [-0.2, 0) is 4.79 Å². The Bertz CT molecular complexity index is 285. The van der Waals surface area contributed by atoms with Gasteiger partial charge >= 0.3 is 6.03 Å². The number of likely N-dealkylation sites (tertiary alicyclic amines) is 1. The van der Waals surface area contributed by atoms with Crippen LogP contribution in [0.15, 0.2) is 0 Å². The molecule has 2 rings (SSSR count). The summed E-state index contributed by atoms with van der Waals surface area (Å²) in [6.07, 6.45) is 2.30. The Kier molecular flexibility index (Phi) is 3.43. The summed E-state index contributed by atoms with van der Waals surface area (Å²) < 4.78 is 0. The molecule has 0 radical (unpaired) electrons. The van der Waals surface area contributed by atoms with Gasteiger partial charge in [-0.05, 0) is 31.8 Å². The first-order chi connectivity index (χ1) is 7.66. The molecule has 0 aliphatic carbocycles. The highest BCUT2D eigenvalue weighted by molar-refractivity contribution is 5.96. The molecule has 3 amide bonds. The van der Waals surface area contributed by atoms with E-state index in [4.69, 9.17) is 0 Å². The summed E-state index contributed by atoms with van der Waals surface area (Å²) >= 11 is 0. The highest BCUT2D eigenvalue weighted by atomic mass is 16.2. The number of piperidine rings is 1. The number of urea groups is 1.